The van der Waals surface area contributed by atoms with E-state index in [9.17, 15) is 14.7 Å². The number of rotatable bonds is 6. The van der Waals surface area contributed by atoms with Gasteiger partial charge in [0.25, 0.3) is 0 Å². The molecule has 0 bridgehead atoms. The van der Waals surface area contributed by atoms with E-state index in [4.69, 9.17) is 4.74 Å². The van der Waals surface area contributed by atoms with Gasteiger partial charge in [-0.05, 0) is 63.1 Å². The van der Waals surface area contributed by atoms with E-state index in [2.05, 4.69) is 30.3 Å². The molecule has 0 spiro atoms. The van der Waals surface area contributed by atoms with Gasteiger partial charge in [0.05, 0.1) is 11.5 Å². The van der Waals surface area contributed by atoms with Crippen molar-refractivity contribution in [3.63, 3.8) is 0 Å². The number of hydrogen-bond donors (Lipinski definition) is 1. The van der Waals surface area contributed by atoms with E-state index >= 15 is 0 Å². The summed E-state index contributed by atoms with van der Waals surface area (Å²) < 4.78 is 5.52. The van der Waals surface area contributed by atoms with Crippen molar-refractivity contribution in [3.8, 4) is 0 Å². The minimum atomic E-state index is -1.06. The van der Waals surface area contributed by atoms with Crippen LogP contribution in [0, 0.1) is 0 Å². The van der Waals surface area contributed by atoms with Gasteiger partial charge in [0.1, 0.15) is 5.60 Å². The van der Waals surface area contributed by atoms with Crippen molar-refractivity contribution in [1.82, 2.24) is 9.80 Å². The van der Waals surface area contributed by atoms with Crippen LogP contribution in [0.4, 0.5) is 4.79 Å². The molecule has 2 aliphatic rings. The molecule has 1 unspecified atom stereocenters. The molecule has 4 rings (SSSR count). The fourth-order valence-corrected chi connectivity index (χ4v) is 5.69. The van der Waals surface area contributed by atoms with Gasteiger partial charge in [-0.15, -0.1) is 0 Å². The van der Waals surface area contributed by atoms with Crippen LogP contribution in [-0.2, 0) is 22.4 Å². The molecule has 2 aromatic carbocycles. The first-order valence-corrected chi connectivity index (χ1v) is 13.8. The summed E-state index contributed by atoms with van der Waals surface area (Å²) in [5.74, 6) is -0.631. The standard InChI is InChI=1S/C31H42N2O4/c1-30(2,3)37-29(35)33-22-20-32(21-23-33)28(34)27(31(36)18-10-5-11-19-31)26-15-9-8-14-25(26)17-16-24-12-6-4-7-13-24/h4,6-9,12-15,27,36H,5,10-11,16-23H2,1-3H3. The van der Waals surface area contributed by atoms with Crippen molar-refractivity contribution in [1.29, 1.82) is 0 Å². The molecule has 2 aromatic rings. The Kier molecular flexibility index (Phi) is 8.58. The summed E-state index contributed by atoms with van der Waals surface area (Å²) in [6, 6.07) is 18.5. The lowest BCUT2D eigenvalue weighted by molar-refractivity contribution is -0.143. The van der Waals surface area contributed by atoms with Crippen LogP contribution in [0.1, 0.15) is 75.5 Å². The van der Waals surface area contributed by atoms with Gasteiger partial charge in [0.2, 0.25) is 5.91 Å². The second-order valence-electron chi connectivity index (χ2n) is 11.6. The molecule has 6 heteroatoms. The quantitative estimate of drug-likeness (QED) is 0.575. The second-order valence-corrected chi connectivity index (χ2v) is 11.6. The van der Waals surface area contributed by atoms with E-state index in [1.54, 1.807) is 4.90 Å². The summed E-state index contributed by atoms with van der Waals surface area (Å²) in [4.78, 5) is 30.2. The lowest BCUT2D eigenvalue weighted by Crippen LogP contribution is -2.55. The number of amides is 2. The maximum atomic E-state index is 14.2. The van der Waals surface area contributed by atoms with Gasteiger partial charge < -0.3 is 19.6 Å². The molecule has 0 aromatic heterocycles. The van der Waals surface area contributed by atoms with E-state index in [-0.39, 0.29) is 12.0 Å². The lowest BCUT2D eigenvalue weighted by Gasteiger charge is -2.43. The van der Waals surface area contributed by atoms with Gasteiger partial charge in [-0.3, -0.25) is 4.79 Å². The van der Waals surface area contributed by atoms with Gasteiger partial charge in [0.15, 0.2) is 0 Å². The molecule has 0 radical (unpaired) electrons. The van der Waals surface area contributed by atoms with Gasteiger partial charge in [-0.2, -0.15) is 0 Å². The first-order chi connectivity index (χ1) is 17.7. The van der Waals surface area contributed by atoms with Gasteiger partial charge in [-0.25, -0.2) is 4.79 Å². The van der Waals surface area contributed by atoms with E-state index in [0.717, 1.165) is 43.2 Å². The Morgan fingerprint density at radius 1 is 0.865 bits per heavy atom. The predicted molar refractivity (Wildman–Crippen MR) is 145 cm³/mol. The normalized spacial score (nSPS) is 18.8. The van der Waals surface area contributed by atoms with Crippen molar-refractivity contribution in [2.75, 3.05) is 26.2 Å². The predicted octanol–water partition coefficient (Wildman–Crippen LogP) is 5.33. The van der Waals surface area contributed by atoms with Crippen LogP contribution in [0.3, 0.4) is 0 Å². The summed E-state index contributed by atoms with van der Waals surface area (Å²) >= 11 is 0. The third-order valence-electron chi connectivity index (χ3n) is 7.64. The number of carbonyl (C=O) groups excluding carboxylic acids is 2. The minimum absolute atomic E-state index is 0.0274. The highest BCUT2D eigenvalue weighted by molar-refractivity contribution is 5.86. The van der Waals surface area contributed by atoms with Crippen LogP contribution in [0.2, 0.25) is 0 Å². The molecule has 1 atom stereocenters. The molecule has 1 aliphatic heterocycles. The summed E-state index contributed by atoms with van der Waals surface area (Å²) in [6.07, 6.45) is 5.57. The zero-order valence-corrected chi connectivity index (χ0v) is 22.6. The number of nitrogens with zero attached hydrogens (tertiary/aromatic N) is 2. The van der Waals surface area contributed by atoms with Gasteiger partial charge in [0, 0.05) is 26.2 Å². The zero-order chi connectivity index (χ0) is 26.5. The molecule has 37 heavy (non-hydrogen) atoms. The number of aryl methyl sites for hydroxylation is 2. The number of hydrogen-bond acceptors (Lipinski definition) is 4. The number of aliphatic hydroxyl groups is 1. The second kappa shape index (κ2) is 11.7. The highest BCUT2D eigenvalue weighted by Crippen LogP contribution is 2.42. The number of piperazine rings is 1. The highest BCUT2D eigenvalue weighted by atomic mass is 16.6. The van der Waals surface area contributed by atoms with E-state index in [1.807, 2.05) is 49.9 Å². The Morgan fingerprint density at radius 3 is 2.11 bits per heavy atom. The summed E-state index contributed by atoms with van der Waals surface area (Å²) in [5.41, 5.74) is 1.72. The molecule has 1 N–H and O–H groups in total. The topological polar surface area (TPSA) is 70.1 Å². The summed E-state index contributed by atoms with van der Waals surface area (Å²) in [5, 5.41) is 11.9. The average molecular weight is 507 g/mol. The van der Waals surface area contributed by atoms with Crippen molar-refractivity contribution >= 4 is 12.0 Å². The van der Waals surface area contributed by atoms with Crippen LogP contribution in [-0.4, -0.2) is 64.3 Å². The molecule has 1 saturated heterocycles. The fourth-order valence-electron chi connectivity index (χ4n) is 5.69. The molecule has 1 aliphatic carbocycles. The Balaban J connectivity index is 1.55. The number of carbonyl (C=O) groups is 2. The highest BCUT2D eigenvalue weighted by Gasteiger charge is 2.46. The average Bonchev–Trinajstić information content (AvgIpc) is 2.88. The molecular formula is C31H42N2O4. The van der Waals surface area contributed by atoms with Crippen LogP contribution in [0.5, 0.6) is 0 Å². The van der Waals surface area contributed by atoms with E-state index < -0.39 is 17.1 Å². The monoisotopic (exact) mass is 506 g/mol. The molecule has 1 saturated carbocycles. The Bertz CT molecular complexity index is 1050. The maximum absolute atomic E-state index is 14.2. The summed E-state index contributed by atoms with van der Waals surface area (Å²) in [6.45, 7) is 7.32. The third-order valence-corrected chi connectivity index (χ3v) is 7.64. The zero-order valence-electron chi connectivity index (χ0n) is 22.6. The number of benzene rings is 2. The Labute approximate surface area is 221 Å². The molecular weight excluding hydrogens is 464 g/mol. The largest absolute Gasteiger partial charge is 0.444 e. The Hall–Kier alpha value is -2.86. The minimum Gasteiger partial charge on any atom is -0.444 e. The van der Waals surface area contributed by atoms with Crippen molar-refractivity contribution in [2.24, 2.45) is 0 Å². The van der Waals surface area contributed by atoms with Crippen molar-refractivity contribution < 1.29 is 19.4 Å². The molecule has 200 valence electrons. The smallest absolute Gasteiger partial charge is 0.410 e. The molecule has 2 fully saturated rings. The third kappa shape index (κ3) is 6.92. The van der Waals surface area contributed by atoms with E-state index in [0.29, 0.717) is 39.0 Å². The first-order valence-electron chi connectivity index (χ1n) is 13.8. The Morgan fingerprint density at radius 2 is 1.46 bits per heavy atom. The molecule has 6 nitrogen and oxygen atoms in total. The lowest BCUT2D eigenvalue weighted by atomic mass is 9.71. The van der Waals surface area contributed by atoms with Gasteiger partial charge in [-0.1, -0.05) is 73.9 Å². The SMILES string of the molecule is CC(C)(C)OC(=O)N1CCN(C(=O)C(c2ccccc2CCc2ccccc2)C2(O)CCCCC2)CC1. The molecule has 1 heterocycles. The van der Waals surface area contributed by atoms with Crippen LogP contribution in [0.15, 0.2) is 54.6 Å². The van der Waals surface area contributed by atoms with E-state index in [1.165, 1.54) is 5.56 Å². The van der Waals surface area contributed by atoms with Crippen LogP contribution < -0.4 is 0 Å². The van der Waals surface area contributed by atoms with Gasteiger partial charge >= 0.3 is 6.09 Å². The maximum Gasteiger partial charge on any atom is 0.410 e. The first kappa shape index (κ1) is 27.2. The van der Waals surface area contributed by atoms with Crippen LogP contribution in [0.25, 0.3) is 0 Å². The summed E-state index contributed by atoms with van der Waals surface area (Å²) in [7, 11) is 0. The fraction of sp³-hybridized carbons (Fsp3) is 0.548. The number of ether oxygens (including phenoxy) is 1. The van der Waals surface area contributed by atoms with Crippen LogP contribution >= 0.6 is 0 Å². The van der Waals surface area contributed by atoms with Crippen molar-refractivity contribution in [3.05, 3.63) is 71.3 Å². The molecule has 2 amide bonds. The van der Waals surface area contributed by atoms with Crippen molar-refractivity contribution in [2.45, 2.75) is 82.8 Å².